The maximum atomic E-state index is 13.8. The van der Waals surface area contributed by atoms with Crippen LogP contribution in [0.1, 0.15) is 30.5 Å². The van der Waals surface area contributed by atoms with E-state index in [2.05, 4.69) is 29.0 Å². The van der Waals surface area contributed by atoms with Crippen LogP contribution in [0.3, 0.4) is 0 Å². The fraction of sp³-hybridized carbons (Fsp3) is 0.316. The van der Waals surface area contributed by atoms with Gasteiger partial charge in [-0.1, -0.05) is 23.7 Å². The maximum Gasteiger partial charge on any atom is 0.129 e. The van der Waals surface area contributed by atoms with Crippen molar-refractivity contribution in [2.75, 3.05) is 11.2 Å². The number of nitrogens with one attached hydrogen (secondary N) is 1. The minimum atomic E-state index is -0.373. The van der Waals surface area contributed by atoms with Gasteiger partial charge >= 0.3 is 0 Å². The van der Waals surface area contributed by atoms with Gasteiger partial charge in [0.15, 0.2) is 0 Å². The van der Waals surface area contributed by atoms with E-state index < -0.39 is 0 Å². The zero-order valence-electron chi connectivity index (χ0n) is 14.7. The number of hydrogen-bond acceptors (Lipinski definition) is 5. The number of benzene rings is 1. The second-order valence-corrected chi connectivity index (χ2v) is 7.79. The number of pyridine rings is 1. The summed E-state index contributed by atoms with van der Waals surface area (Å²) in [5.41, 5.74) is 2.07. The third-order valence-corrected chi connectivity index (χ3v) is 5.39. The van der Waals surface area contributed by atoms with Gasteiger partial charge in [0.25, 0.3) is 0 Å². The van der Waals surface area contributed by atoms with E-state index in [9.17, 15) is 9.50 Å². The highest BCUT2D eigenvalue weighted by Gasteiger charge is 2.19. The Morgan fingerprint density at radius 1 is 1.42 bits per heavy atom. The van der Waals surface area contributed by atoms with E-state index in [1.54, 1.807) is 24.0 Å². The lowest BCUT2D eigenvalue weighted by Crippen LogP contribution is -2.14. The fourth-order valence-corrected chi connectivity index (χ4v) is 4.06. The number of nitrogens with zero attached hydrogens (tertiary/aromatic N) is 2. The first kappa shape index (κ1) is 19.0. The van der Waals surface area contributed by atoms with E-state index in [1.807, 2.05) is 18.3 Å². The van der Waals surface area contributed by atoms with E-state index in [1.165, 1.54) is 6.07 Å². The number of thioether (sulfide) groups is 1. The van der Waals surface area contributed by atoms with Crippen LogP contribution in [0.25, 0.3) is 4.91 Å². The molecule has 26 heavy (non-hydrogen) atoms. The Labute approximate surface area is 162 Å². The molecule has 1 aromatic carbocycles. The smallest absolute Gasteiger partial charge is 0.129 e. The first-order valence-electron chi connectivity index (χ1n) is 8.36. The Bertz CT molecular complexity index is 828. The van der Waals surface area contributed by atoms with Crippen LogP contribution in [0, 0.1) is 5.82 Å². The molecular weight excluding hydrogens is 373 g/mol. The fourth-order valence-electron chi connectivity index (χ4n) is 2.78. The Balaban J connectivity index is 1.81. The van der Waals surface area contributed by atoms with Crippen molar-refractivity contribution in [1.82, 2.24) is 9.88 Å². The number of aliphatic hydroxyl groups is 1. The van der Waals surface area contributed by atoms with Gasteiger partial charge in [0.1, 0.15) is 11.6 Å². The molecule has 0 amide bonds. The van der Waals surface area contributed by atoms with Gasteiger partial charge in [-0.15, -0.1) is 11.8 Å². The summed E-state index contributed by atoms with van der Waals surface area (Å²) in [7, 11) is 0. The molecule has 0 atom stereocenters. The molecule has 4 nitrogen and oxygen atoms in total. The first-order valence-corrected chi connectivity index (χ1v) is 9.72. The zero-order valence-corrected chi connectivity index (χ0v) is 16.2. The van der Waals surface area contributed by atoms with Crippen molar-refractivity contribution < 1.29 is 9.50 Å². The van der Waals surface area contributed by atoms with Crippen LogP contribution in [-0.4, -0.2) is 26.9 Å². The predicted molar refractivity (Wildman–Crippen MR) is 106 cm³/mol. The number of anilines is 1. The lowest BCUT2D eigenvalue weighted by atomic mass is 10.1. The summed E-state index contributed by atoms with van der Waals surface area (Å²) < 4.78 is 13.8. The molecule has 0 aliphatic carbocycles. The van der Waals surface area contributed by atoms with Crippen LogP contribution in [0.15, 0.2) is 36.7 Å². The van der Waals surface area contributed by atoms with Gasteiger partial charge in [0.2, 0.25) is 0 Å². The lowest BCUT2D eigenvalue weighted by Gasteiger charge is -2.16. The van der Waals surface area contributed by atoms with Gasteiger partial charge in [-0.25, -0.2) is 9.37 Å². The average Bonchev–Trinajstić information content (AvgIpc) is 3.05. The second-order valence-electron chi connectivity index (χ2n) is 6.40. The molecule has 2 N–H and O–H groups in total. The van der Waals surface area contributed by atoms with Crippen molar-refractivity contribution in [3.8, 4) is 0 Å². The summed E-state index contributed by atoms with van der Waals surface area (Å²) in [6, 6.07) is 7.11. The highest BCUT2D eigenvalue weighted by molar-refractivity contribution is 8.08. The predicted octanol–water partition coefficient (Wildman–Crippen LogP) is 4.69. The van der Waals surface area contributed by atoms with Gasteiger partial charge in [-0.05, 0) is 31.5 Å². The minimum absolute atomic E-state index is 0.281. The Morgan fingerprint density at radius 3 is 2.96 bits per heavy atom. The molecule has 0 spiro atoms. The SMILES string of the molecule is CC(C)Nc1cc(C2=CN(Cc3cccc(F)c3CO)CS2)c(Cl)cn1. The van der Waals surface area contributed by atoms with E-state index in [-0.39, 0.29) is 18.5 Å². The topological polar surface area (TPSA) is 48.4 Å². The lowest BCUT2D eigenvalue weighted by molar-refractivity contribution is 0.272. The molecule has 1 aromatic heterocycles. The summed E-state index contributed by atoms with van der Waals surface area (Å²) in [5, 5.41) is 13.3. The quantitative estimate of drug-likeness (QED) is 0.745. The maximum absolute atomic E-state index is 13.8. The molecule has 2 aromatic rings. The highest BCUT2D eigenvalue weighted by Crippen LogP contribution is 2.39. The summed E-state index contributed by atoms with van der Waals surface area (Å²) >= 11 is 8.02. The zero-order chi connectivity index (χ0) is 18.7. The van der Waals surface area contributed by atoms with Crippen molar-refractivity contribution in [3.05, 3.63) is 64.2 Å². The number of aromatic nitrogens is 1. The molecule has 0 fully saturated rings. The van der Waals surface area contributed by atoms with Crippen molar-refractivity contribution in [2.24, 2.45) is 0 Å². The van der Waals surface area contributed by atoms with E-state index in [4.69, 9.17) is 11.6 Å². The largest absolute Gasteiger partial charge is 0.392 e. The number of rotatable bonds is 6. The summed E-state index contributed by atoms with van der Waals surface area (Å²) in [6.07, 6.45) is 3.68. The van der Waals surface area contributed by atoms with Crippen molar-refractivity contribution in [3.63, 3.8) is 0 Å². The molecule has 0 bridgehead atoms. The Hall–Kier alpha value is -1.76. The standard InChI is InChI=1S/C19H21ClFN3OS/c1-12(2)23-19-6-14(16(20)7-22-19)18-9-24(11-26-18)8-13-4-3-5-17(21)15(13)10-25/h3-7,9,12,25H,8,10-11H2,1-2H3,(H,22,23). The molecule has 7 heteroatoms. The normalized spacial score (nSPS) is 14.1. The van der Waals surface area contributed by atoms with E-state index in [0.29, 0.717) is 17.1 Å². The van der Waals surface area contributed by atoms with E-state index in [0.717, 1.165) is 27.7 Å². The van der Waals surface area contributed by atoms with Crippen LogP contribution in [0.2, 0.25) is 5.02 Å². The van der Waals surface area contributed by atoms with Gasteiger partial charge in [-0.2, -0.15) is 0 Å². The Kier molecular flexibility index (Phi) is 6.06. The molecule has 0 unspecified atom stereocenters. The summed E-state index contributed by atoms with van der Waals surface area (Å²) in [6.45, 7) is 4.34. The van der Waals surface area contributed by atoms with Crippen LogP contribution in [-0.2, 0) is 13.2 Å². The third kappa shape index (κ3) is 4.31. The molecule has 3 rings (SSSR count). The second kappa shape index (κ2) is 8.29. The summed E-state index contributed by atoms with van der Waals surface area (Å²) in [4.78, 5) is 7.44. The molecule has 0 radical (unpaired) electrons. The van der Waals surface area contributed by atoms with Crippen molar-refractivity contribution in [2.45, 2.75) is 33.0 Å². The molecule has 2 heterocycles. The van der Waals surface area contributed by atoms with Crippen LogP contribution in [0.5, 0.6) is 0 Å². The monoisotopic (exact) mass is 393 g/mol. The third-order valence-electron chi connectivity index (χ3n) is 3.99. The number of halogens is 2. The van der Waals surface area contributed by atoms with Crippen LogP contribution in [0.4, 0.5) is 10.2 Å². The van der Waals surface area contributed by atoms with Gasteiger partial charge in [0.05, 0.1) is 17.5 Å². The Morgan fingerprint density at radius 2 is 2.23 bits per heavy atom. The molecule has 0 saturated carbocycles. The average molecular weight is 394 g/mol. The van der Waals surface area contributed by atoms with Gasteiger partial charge < -0.3 is 15.3 Å². The number of hydrogen-bond donors (Lipinski definition) is 2. The van der Waals surface area contributed by atoms with Crippen molar-refractivity contribution >= 4 is 34.1 Å². The molecule has 1 aliphatic heterocycles. The molecular formula is C19H21ClFN3OS. The molecule has 1 aliphatic rings. The highest BCUT2D eigenvalue weighted by atomic mass is 35.5. The molecule has 138 valence electrons. The van der Waals surface area contributed by atoms with Crippen molar-refractivity contribution in [1.29, 1.82) is 0 Å². The molecule has 0 saturated heterocycles. The minimum Gasteiger partial charge on any atom is -0.392 e. The van der Waals surface area contributed by atoms with Crippen LogP contribution < -0.4 is 5.32 Å². The van der Waals surface area contributed by atoms with Gasteiger partial charge in [0, 0.05) is 41.0 Å². The summed E-state index contributed by atoms with van der Waals surface area (Å²) in [5.74, 6) is 1.15. The van der Waals surface area contributed by atoms with Gasteiger partial charge in [-0.3, -0.25) is 0 Å². The first-order chi connectivity index (χ1) is 12.5. The van der Waals surface area contributed by atoms with Crippen LogP contribution >= 0.6 is 23.4 Å². The van der Waals surface area contributed by atoms with E-state index >= 15 is 0 Å². The number of aliphatic hydroxyl groups excluding tert-OH is 1.